The first kappa shape index (κ1) is 19.4. The van der Waals surface area contributed by atoms with Crippen molar-refractivity contribution in [1.29, 1.82) is 0 Å². The second kappa shape index (κ2) is 8.26. The fraction of sp³-hybridized carbons (Fsp3) is 0.769. The van der Waals surface area contributed by atoms with E-state index < -0.39 is 15.1 Å². The Morgan fingerprint density at radius 1 is 1.27 bits per heavy atom. The van der Waals surface area contributed by atoms with Crippen LogP contribution in [0.15, 0.2) is 0 Å². The summed E-state index contributed by atoms with van der Waals surface area (Å²) in [6.45, 7) is 5.40. The molecule has 0 aromatic carbocycles. The number of sulfone groups is 1. The van der Waals surface area contributed by atoms with Gasteiger partial charge in [-0.2, -0.15) is 0 Å². The average molecular weight is 367 g/mol. The molecular formula is C13H22N2O4S3. The molecule has 0 aromatic rings. The van der Waals surface area contributed by atoms with E-state index in [-0.39, 0.29) is 37.0 Å². The molecule has 6 nitrogen and oxygen atoms in total. The van der Waals surface area contributed by atoms with Crippen molar-refractivity contribution < 1.29 is 18.0 Å². The molecule has 0 spiro atoms. The lowest BCUT2D eigenvalue weighted by atomic mass is 10.4. The molecule has 126 valence electrons. The number of thiocarbonyl (C=S) groups is 1. The fourth-order valence-electron chi connectivity index (χ4n) is 2.08. The molecule has 9 heteroatoms. The van der Waals surface area contributed by atoms with Crippen LogP contribution in [0.4, 0.5) is 0 Å². The summed E-state index contributed by atoms with van der Waals surface area (Å²) in [5.74, 6) is -0.351. The molecule has 2 amide bonds. The van der Waals surface area contributed by atoms with Crippen LogP contribution in [0.3, 0.4) is 0 Å². The second-order valence-corrected chi connectivity index (χ2v) is 9.08. The zero-order valence-electron chi connectivity index (χ0n) is 13.1. The van der Waals surface area contributed by atoms with Gasteiger partial charge >= 0.3 is 0 Å². The van der Waals surface area contributed by atoms with Crippen LogP contribution in [0.5, 0.6) is 0 Å². The van der Waals surface area contributed by atoms with Crippen LogP contribution in [0, 0.1) is 0 Å². The Bertz CT molecular complexity index is 527. The SMILES string of the molecule is CCN(CC)C(=S)SC[C@H](CN1C(=O)CCC1=O)S(C)(=O)=O. The summed E-state index contributed by atoms with van der Waals surface area (Å²) in [4.78, 5) is 26.3. The van der Waals surface area contributed by atoms with Crippen LogP contribution >= 0.6 is 24.0 Å². The van der Waals surface area contributed by atoms with E-state index in [4.69, 9.17) is 12.2 Å². The van der Waals surface area contributed by atoms with E-state index >= 15 is 0 Å². The number of thioether (sulfide) groups is 1. The molecule has 0 radical (unpaired) electrons. The third-order valence-electron chi connectivity index (χ3n) is 3.56. The van der Waals surface area contributed by atoms with Crippen LogP contribution in [0.25, 0.3) is 0 Å². The molecule has 1 fully saturated rings. The molecule has 1 aliphatic rings. The standard InChI is InChI=1S/C13H22N2O4S3/c1-4-14(5-2)13(20)21-9-10(22(3,18)19)8-15-11(16)6-7-12(15)17/h10H,4-9H2,1-3H3/t10-/m0/s1. The Balaban J connectivity index is 2.72. The number of carbonyl (C=O) groups excluding carboxylic acids is 2. The van der Waals surface area contributed by atoms with Gasteiger partial charge in [-0.1, -0.05) is 24.0 Å². The molecule has 1 rings (SSSR count). The van der Waals surface area contributed by atoms with E-state index in [1.54, 1.807) is 0 Å². The fourth-order valence-corrected chi connectivity index (χ4v) is 5.03. The Morgan fingerprint density at radius 3 is 2.18 bits per heavy atom. The van der Waals surface area contributed by atoms with E-state index in [9.17, 15) is 18.0 Å². The molecule has 1 aliphatic heterocycles. The highest BCUT2D eigenvalue weighted by Crippen LogP contribution is 2.19. The van der Waals surface area contributed by atoms with Crippen molar-refractivity contribution in [1.82, 2.24) is 9.80 Å². The van der Waals surface area contributed by atoms with E-state index in [1.807, 2.05) is 18.7 Å². The van der Waals surface area contributed by atoms with Gasteiger partial charge in [0.25, 0.3) is 0 Å². The van der Waals surface area contributed by atoms with Gasteiger partial charge in [-0.05, 0) is 13.8 Å². The molecule has 0 aromatic heterocycles. The monoisotopic (exact) mass is 366 g/mol. The van der Waals surface area contributed by atoms with Crippen molar-refractivity contribution >= 4 is 50.0 Å². The maximum Gasteiger partial charge on any atom is 0.229 e. The summed E-state index contributed by atoms with van der Waals surface area (Å²) >= 11 is 6.57. The lowest BCUT2D eigenvalue weighted by molar-refractivity contribution is -0.138. The largest absolute Gasteiger partial charge is 0.358 e. The predicted molar refractivity (Wildman–Crippen MR) is 92.6 cm³/mol. The van der Waals surface area contributed by atoms with Gasteiger partial charge in [0, 0.05) is 44.5 Å². The summed E-state index contributed by atoms with van der Waals surface area (Å²) in [5, 5.41) is -0.794. The zero-order valence-corrected chi connectivity index (χ0v) is 15.5. The molecule has 22 heavy (non-hydrogen) atoms. The highest BCUT2D eigenvalue weighted by molar-refractivity contribution is 8.23. The minimum Gasteiger partial charge on any atom is -0.358 e. The Morgan fingerprint density at radius 2 is 1.77 bits per heavy atom. The van der Waals surface area contributed by atoms with E-state index in [0.29, 0.717) is 4.32 Å². The van der Waals surface area contributed by atoms with Crippen molar-refractivity contribution in [3.63, 3.8) is 0 Å². The number of amides is 2. The molecule has 0 aliphatic carbocycles. The molecule has 1 heterocycles. The Hall–Kier alpha value is -0.670. The normalized spacial score (nSPS) is 17.0. The Kier molecular flexibility index (Phi) is 7.27. The maximum absolute atomic E-state index is 11.9. The molecule has 0 N–H and O–H groups in total. The lowest BCUT2D eigenvalue weighted by Gasteiger charge is -2.24. The molecule has 0 bridgehead atoms. The minimum absolute atomic E-state index is 0.0790. The molecular weight excluding hydrogens is 344 g/mol. The number of nitrogens with zero attached hydrogens (tertiary/aromatic N) is 2. The first-order valence-corrected chi connectivity index (χ1v) is 10.5. The maximum atomic E-state index is 11.9. The minimum atomic E-state index is -3.38. The first-order valence-electron chi connectivity index (χ1n) is 7.14. The smallest absolute Gasteiger partial charge is 0.229 e. The van der Waals surface area contributed by atoms with Gasteiger partial charge in [0.15, 0.2) is 9.84 Å². The summed E-state index contributed by atoms with van der Waals surface area (Å²) in [6, 6.07) is 0. The number of imide groups is 1. The van der Waals surface area contributed by atoms with Gasteiger partial charge in [-0.25, -0.2) is 8.42 Å². The summed E-state index contributed by atoms with van der Waals surface area (Å²) in [6.07, 6.45) is 1.46. The van der Waals surface area contributed by atoms with E-state index in [2.05, 4.69) is 0 Å². The van der Waals surface area contributed by atoms with E-state index in [0.717, 1.165) is 24.2 Å². The van der Waals surface area contributed by atoms with E-state index in [1.165, 1.54) is 11.8 Å². The number of rotatable bonds is 7. The predicted octanol–water partition coefficient (Wildman–Crippen LogP) is 0.909. The summed E-state index contributed by atoms with van der Waals surface area (Å²) in [7, 11) is -3.38. The highest BCUT2D eigenvalue weighted by atomic mass is 32.2. The third-order valence-corrected chi connectivity index (χ3v) is 6.98. The lowest BCUT2D eigenvalue weighted by Crippen LogP contribution is -2.41. The van der Waals surface area contributed by atoms with Gasteiger partial charge in [-0.3, -0.25) is 14.5 Å². The molecule has 0 unspecified atom stereocenters. The van der Waals surface area contributed by atoms with Crippen LogP contribution in [-0.2, 0) is 19.4 Å². The molecule has 1 saturated heterocycles. The van der Waals surface area contributed by atoms with Gasteiger partial charge in [0.05, 0.1) is 5.25 Å². The molecule has 1 atom stereocenters. The van der Waals surface area contributed by atoms with Gasteiger partial charge in [-0.15, -0.1) is 0 Å². The third kappa shape index (κ3) is 5.20. The zero-order chi connectivity index (χ0) is 16.9. The highest BCUT2D eigenvalue weighted by Gasteiger charge is 2.34. The van der Waals surface area contributed by atoms with Gasteiger partial charge < -0.3 is 4.90 Å². The van der Waals surface area contributed by atoms with Crippen LogP contribution in [0.1, 0.15) is 26.7 Å². The second-order valence-electron chi connectivity index (χ2n) is 5.10. The van der Waals surface area contributed by atoms with Crippen LogP contribution in [-0.4, -0.2) is 71.2 Å². The van der Waals surface area contributed by atoms with Crippen LogP contribution < -0.4 is 0 Å². The van der Waals surface area contributed by atoms with Crippen molar-refractivity contribution in [2.45, 2.75) is 31.9 Å². The number of hydrogen-bond acceptors (Lipinski definition) is 6. The summed E-state index contributed by atoms with van der Waals surface area (Å²) in [5.41, 5.74) is 0. The van der Waals surface area contributed by atoms with Crippen LogP contribution in [0.2, 0.25) is 0 Å². The quantitative estimate of drug-likeness (QED) is 0.490. The topological polar surface area (TPSA) is 74.8 Å². The Labute approximate surface area is 141 Å². The number of hydrogen-bond donors (Lipinski definition) is 0. The number of carbonyl (C=O) groups is 2. The number of likely N-dealkylation sites (tertiary alicyclic amines) is 1. The van der Waals surface area contributed by atoms with Crippen molar-refractivity contribution in [3.8, 4) is 0 Å². The first-order chi connectivity index (χ1) is 10.2. The van der Waals surface area contributed by atoms with Crippen molar-refractivity contribution in [2.75, 3.05) is 31.6 Å². The molecule has 0 saturated carbocycles. The van der Waals surface area contributed by atoms with Crippen molar-refractivity contribution in [3.05, 3.63) is 0 Å². The average Bonchev–Trinajstić information content (AvgIpc) is 2.74. The van der Waals surface area contributed by atoms with Gasteiger partial charge in [0.2, 0.25) is 11.8 Å². The van der Waals surface area contributed by atoms with Gasteiger partial charge in [0.1, 0.15) is 4.32 Å². The van der Waals surface area contributed by atoms with Crippen molar-refractivity contribution in [2.24, 2.45) is 0 Å². The summed E-state index contributed by atoms with van der Waals surface area (Å²) < 4.78 is 24.5.